The predicted octanol–water partition coefficient (Wildman–Crippen LogP) is 4.98. The molecule has 6 heteroatoms. The zero-order valence-electron chi connectivity index (χ0n) is 8.54. The van der Waals surface area contributed by atoms with Gasteiger partial charge in [0.2, 0.25) is 0 Å². The molecular weight excluding hydrogens is 345 g/mol. The maximum atomic E-state index is 6.02. The van der Waals surface area contributed by atoms with E-state index in [4.69, 9.17) is 33.7 Å². The Hall–Kier alpha value is -0.420. The van der Waals surface area contributed by atoms with E-state index in [0.29, 0.717) is 28.1 Å². The fourth-order valence-electron chi connectivity index (χ4n) is 1.28. The topological polar surface area (TPSA) is 35.2 Å². The molecule has 0 spiro atoms. The molecule has 2 aromatic rings. The molecule has 0 unspecified atom stereocenters. The first-order valence-corrected chi connectivity index (χ1v) is 7.10. The van der Waals surface area contributed by atoms with E-state index >= 15 is 0 Å². The molecule has 0 aliphatic carbocycles. The molecule has 0 saturated heterocycles. The summed E-state index contributed by atoms with van der Waals surface area (Å²) in [6.45, 7) is 0.418. The molecule has 2 nitrogen and oxygen atoms in total. The fourth-order valence-corrected chi connectivity index (χ4v) is 3.27. The van der Waals surface area contributed by atoms with Gasteiger partial charge < -0.3 is 10.5 Å². The number of ether oxygens (including phenoxy) is 1. The summed E-state index contributed by atoms with van der Waals surface area (Å²) in [4.78, 5) is 1.08. The summed E-state index contributed by atoms with van der Waals surface area (Å²) in [6.07, 6.45) is 0. The molecule has 0 saturated carbocycles. The first-order valence-electron chi connectivity index (χ1n) is 4.67. The van der Waals surface area contributed by atoms with E-state index in [1.807, 2.05) is 11.4 Å². The van der Waals surface area contributed by atoms with Crippen molar-refractivity contribution in [1.82, 2.24) is 0 Å². The maximum absolute atomic E-state index is 6.02. The summed E-state index contributed by atoms with van der Waals surface area (Å²) in [5.74, 6) is 0.461. The van der Waals surface area contributed by atoms with E-state index in [-0.39, 0.29) is 0 Å². The van der Waals surface area contributed by atoms with Crippen molar-refractivity contribution in [2.75, 3.05) is 5.73 Å². The second kappa shape index (κ2) is 5.48. The summed E-state index contributed by atoms with van der Waals surface area (Å²) in [5.41, 5.74) is 6.13. The highest BCUT2D eigenvalue weighted by Gasteiger charge is 2.10. The van der Waals surface area contributed by atoms with Crippen LogP contribution >= 0.6 is 50.5 Å². The van der Waals surface area contributed by atoms with Crippen molar-refractivity contribution in [2.24, 2.45) is 0 Å². The number of benzene rings is 1. The van der Waals surface area contributed by atoms with E-state index < -0.39 is 0 Å². The average molecular weight is 353 g/mol. The Bertz CT molecular complexity index is 521. The smallest absolute Gasteiger partial charge is 0.157 e. The van der Waals surface area contributed by atoms with Crippen LogP contribution in [-0.4, -0.2) is 0 Å². The van der Waals surface area contributed by atoms with Crippen LogP contribution in [0.2, 0.25) is 10.0 Å². The number of hydrogen-bond donors (Lipinski definition) is 1. The molecule has 1 heterocycles. The molecular formula is C11H8BrCl2NOS. The zero-order valence-corrected chi connectivity index (χ0v) is 12.5. The van der Waals surface area contributed by atoms with Gasteiger partial charge in [0.05, 0.1) is 14.9 Å². The van der Waals surface area contributed by atoms with E-state index in [1.165, 1.54) is 0 Å². The van der Waals surface area contributed by atoms with Gasteiger partial charge in [-0.05, 0) is 39.5 Å². The lowest BCUT2D eigenvalue weighted by Gasteiger charge is -2.10. The van der Waals surface area contributed by atoms with E-state index in [1.54, 1.807) is 23.5 Å². The van der Waals surface area contributed by atoms with Crippen molar-refractivity contribution in [1.29, 1.82) is 0 Å². The second-order valence-corrected chi connectivity index (χ2v) is 5.96. The van der Waals surface area contributed by atoms with E-state index in [9.17, 15) is 0 Å². The van der Waals surface area contributed by atoms with Gasteiger partial charge in [-0.25, -0.2) is 0 Å². The SMILES string of the molecule is Nc1cc(Cl)c(OCc2sccc2Br)c(Cl)c1. The molecule has 2 rings (SSSR count). The quantitative estimate of drug-likeness (QED) is 0.790. The highest BCUT2D eigenvalue weighted by molar-refractivity contribution is 9.10. The van der Waals surface area contributed by atoms with Crippen LogP contribution in [0.4, 0.5) is 5.69 Å². The highest BCUT2D eigenvalue weighted by atomic mass is 79.9. The van der Waals surface area contributed by atoms with Crippen LogP contribution in [0.25, 0.3) is 0 Å². The molecule has 0 amide bonds. The second-order valence-electron chi connectivity index (χ2n) is 3.29. The molecule has 2 N–H and O–H groups in total. The molecule has 0 aliphatic heterocycles. The average Bonchev–Trinajstić information content (AvgIpc) is 2.62. The molecule has 0 fully saturated rings. The van der Waals surface area contributed by atoms with E-state index in [0.717, 1.165) is 9.35 Å². The Labute approximate surface area is 121 Å². The molecule has 17 heavy (non-hydrogen) atoms. The minimum Gasteiger partial charge on any atom is -0.485 e. The maximum Gasteiger partial charge on any atom is 0.157 e. The summed E-state index contributed by atoms with van der Waals surface area (Å²) in [6, 6.07) is 5.20. The Balaban J connectivity index is 2.17. The third-order valence-corrected chi connectivity index (χ3v) is 4.52. The third-order valence-electron chi connectivity index (χ3n) is 2.06. The van der Waals surface area contributed by atoms with Gasteiger partial charge in [0.25, 0.3) is 0 Å². The van der Waals surface area contributed by atoms with Gasteiger partial charge in [-0.1, -0.05) is 23.2 Å². The van der Waals surface area contributed by atoms with Crippen molar-refractivity contribution in [3.63, 3.8) is 0 Å². The Morgan fingerprint density at radius 3 is 2.47 bits per heavy atom. The summed E-state index contributed by atoms with van der Waals surface area (Å²) >= 11 is 17.1. The van der Waals surface area contributed by atoms with Crippen molar-refractivity contribution in [3.05, 3.63) is 43.0 Å². The lowest BCUT2D eigenvalue weighted by Crippen LogP contribution is -1.96. The number of rotatable bonds is 3. The van der Waals surface area contributed by atoms with Gasteiger partial charge in [0, 0.05) is 10.2 Å². The van der Waals surface area contributed by atoms with Crippen LogP contribution in [0.3, 0.4) is 0 Å². The van der Waals surface area contributed by atoms with Crippen LogP contribution in [0.5, 0.6) is 5.75 Å². The van der Waals surface area contributed by atoms with Crippen LogP contribution in [0, 0.1) is 0 Å². The number of thiophene rings is 1. The summed E-state index contributed by atoms with van der Waals surface area (Å²) in [7, 11) is 0. The molecule has 1 aromatic heterocycles. The number of anilines is 1. The Kier molecular flexibility index (Phi) is 4.20. The highest BCUT2D eigenvalue weighted by Crippen LogP contribution is 2.36. The van der Waals surface area contributed by atoms with Gasteiger partial charge in [-0.2, -0.15) is 0 Å². The minimum atomic E-state index is 0.418. The van der Waals surface area contributed by atoms with Crippen LogP contribution in [0.15, 0.2) is 28.1 Å². The monoisotopic (exact) mass is 351 g/mol. The molecule has 0 radical (unpaired) electrons. The number of hydrogen-bond acceptors (Lipinski definition) is 3. The number of nitrogen functional groups attached to an aromatic ring is 1. The Morgan fingerprint density at radius 1 is 1.29 bits per heavy atom. The minimum absolute atomic E-state index is 0.418. The third kappa shape index (κ3) is 3.07. The Morgan fingerprint density at radius 2 is 1.94 bits per heavy atom. The van der Waals surface area contributed by atoms with Gasteiger partial charge >= 0.3 is 0 Å². The molecule has 0 bridgehead atoms. The first-order chi connectivity index (χ1) is 8.08. The van der Waals surface area contributed by atoms with Gasteiger partial charge in [-0.3, -0.25) is 0 Å². The lowest BCUT2D eigenvalue weighted by molar-refractivity contribution is 0.309. The van der Waals surface area contributed by atoms with Crippen LogP contribution < -0.4 is 10.5 Å². The van der Waals surface area contributed by atoms with Crippen LogP contribution in [-0.2, 0) is 6.61 Å². The van der Waals surface area contributed by atoms with Gasteiger partial charge in [0.1, 0.15) is 6.61 Å². The summed E-state index contributed by atoms with van der Waals surface area (Å²) < 4.78 is 6.63. The standard InChI is InChI=1S/C11H8BrCl2NOS/c12-7-1-2-17-10(7)5-16-11-8(13)3-6(15)4-9(11)14/h1-4H,5,15H2. The first kappa shape index (κ1) is 13.0. The molecule has 0 atom stereocenters. The molecule has 0 aliphatic rings. The molecule has 90 valence electrons. The number of halogens is 3. The lowest BCUT2D eigenvalue weighted by atomic mass is 10.3. The fraction of sp³-hybridized carbons (Fsp3) is 0.0909. The largest absolute Gasteiger partial charge is 0.485 e. The zero-order chi connectivity index (χ0) is 12.4. The van der Waals surface area contributed by atoms with Crippen molar-refractivity contribution >= 4 is 56.2 Å². The normalized spacial score (nSPS) is 10.5. The van der Waals surface area contributed by atoms with Gasteiger partial charge in [0.15, 0.2) is 5.75 Å². The van der Waals surface area contributed by atoms with Crippen molar-refractivity contribution < 1.29 is 4.74 Å². The summed E-state index contributed by atoms with van der Waals surface area (Å²) in [5, 5.41) is 2.82. The van der Waals surface area contributed by atoms with Crippen molar-refractivity contribution in [3.8, 4) is 5.75 Å². The number of nitrogens with two attached hydrogens (primary N) is 1. The van der Waals surface area contributed by atoms with Gasteiger partial charge in [-0.15, -0.1) is 11.3 Å². The predicted molar refractivity (Wildman–Crippen MR) is 77.2 cm³/mol. The molecule has 1 aromatic carbocycles. The van der Waals surface area contributed by atoms with E-state index in [2.05, 4.69) is 15.9 Å². The van der Waals surface area contributed by atoms with Crippen LogP contribution in [0.1, 0.15) is 4.88 Å². The van der Waals surface area contributed by atoms with Crippen molar-refractivity contribution in [2.45, 2.75) is 6.61 Å².